The van der Waals surface area contributed by atoms with Crippen molar-refractivity contribution in [2.24, 2.45) is 0 Å². The maximum absolute atomic E-state index is 10.6. The van der Waals surface area contributed by atoms with Crippen LogP contribution in [0.3, 0.4) is 0 Å². The van der Waals surface area contributed by atoms with Crippen LogP contribution in [0.15, 0.2) is 0 Å². The standard InChI is InChI=1S/C5H10O3S.H2O3S/c1-5-3-2-4-7-9(6)8-5;1-4(2)3/h5H,2-4H2,1H3;(H2,1,2,3). The molecule has 2 atom stereocenters. The van der Waals surface area contributed by atoms with Crippen LogP contribution in [-0.2, 0) is 31.1 Å². The Balaban J connectivity index is 0.000000310. The fourth-order valence-electron chi connectivity index (χ4n) is 0.708. The van der Waals surface area contributed by atoms with Gasteiger partial charge in [0.1, 0.15) is 0 Å². The highest BCUT2D eigenvalue weighted by molar-refractivity contribution is 7.75. The summed E-state index contributed by atoms with van der Waals surface area (Å²) in [5.74, 6) is 0. The largest absolute Gasteiger partial charge is 0.304 e. The van der Waals surface area contributed by atoms with Crippen LogP contribution in [0.2, 0.25) is 0 Å². The second kappa shape index (κ2) is 7.54. The van der Waals surface area contributed by atoms with Gasteiger partial charge in [-0.1, -0.05) is 0 Å². The quantitative estimate of drug-likeness (QED) is 0.589. The summed E-state index contributed by atoms with van der Waals surface area (Å²) in [5, 5.41) is 0. The number of hydrogen-bond acceptors (Lipinski definition) is 4. The van der Waals surface area contributed by atoms with Gasteiger partial charge in [0.15, 0.2) is 0 Å². The Morgan fingerprint density at radius 2 is 2.08 bits per heavy atom. The van der Waals surface area contributed by atoms with E-state index in [0.717, 1.165) is 12.8 Å². The van der Waals surface area contributed by atoms with E-state index in [-0.39, 0.29) is 6.10 Å². The second-order valence-electron chi connectivity index (χ2n) is 2.31. The SMILES string of the molecule is CC1CCCOS(=O)O1.O=S(O)O. The van der Waals surface area contributed by atoms with E-state index in [4.69, 9.17) is 21.7 Å². The Hall–Kier alpha value is 0.140. The molecule has 1 heterocycles. The summed E-state index contributed by atoms with van der Waals surface area (Å²) >= 11 is -4.10. The Morgan fingerprint density at radius 3 is 2.62 bits per heavy atom. The summed E-state index contributed by atoms with van der Waals surface area (Å²) in [6.07, 6.45) is 1.95. The molecule has 8 heteroatoms. The summed E-state index contributed by atoms with van der Waals surface area (Å²) in [6, 6.07) is 0. The van der Waals surface area contributed by atoms with Crippen LogP contribution in [0.4, 0.5) is 0 Å². The van der Waals surface area contributed by atoms with Crippen LogP contribution in [-0.4, -0.2) is 30.2 Å². The van der Waals surface area contributed by atoms with Crippen molar-refractivity contribution in [3.8, 4) is 0 Å². The Bertz CT molecular complexity index is 180. The van der Waals surface area contributed by atoms with Crippen LogP contribution >= 0.6 is 0 Å². The third-order valence-electron chi connectivity index (χ3n) is 1.18. The molecule has 1 fully saturated rings. The normalized spacial score (nSPS) is 28.9. The predicted octanol–water partition coefficient (Wildman–Crippen LogP) is 0.462. The molecule has 0 saturated carbocycles. The molecule has 0 bridgehead atoms. The van der Waals surface area contributed by atoms with Gasteiger partial charge in [-0.3, -0.25) is 17.5 Å². The lowest BCUT2D eigenvalue weighted by molar-refractivity contribution is 0.224. The highest BCUT2D eigenvalue weighted by Crippen LogP contribution is 2.09. The van der Waals surface area contributed by atoms with Gasteiger partial charge in [0.25, 0.3) is 11.4 Å². The van der Waals surface area contributed by atoms with Gasteiger partial charge in [0.05, 0.1) is 12.7 Å². The van der Waals surface area contributed by atoms with Gasteiger partial charge in [-0.2, -0.15) is 8.42 Å². The zero-order valence-corrected chi connectivity index (χ0v) is 8.68. The molecule has 80 valence electrons. The lowest BCUT2D eigenvalue weighted by atomic mass is 10.2. The van der Waals surface area contributed by atoms with Gasteiger partial charge in [-0.15, -0.1) is 0 Å². The van der Waals surface area contributed by atoms with Crippen molar-refractivity contribution in [3.05, 3.63) is 0 Å². The molecule has 0 spiro atoms. The molecule has 2 unspecified atom stereocenters. The van der Waals surface area contributed by atoms with E-state index in [9.17, 15) is 4.21 Å². The Morgan fingerprint density at radius 1 is 1.54 bits per heavy atom. The van der Waals surface area contributed by atoms with Crippen LogP contribution < -0.4 is 0 Å². The van der Waals surface area contributed by atoms with Crippen molar-refractivity contribution in [2.75, 3.05) is 6.61 Å². The summed E-state index contributed by atoms with van der Waals surface area (Å²) < 4.78 is 43.0. The highest BCUT2D eigenvalue weighted by Gasteiger charge is 2.12. The van der Waals surface area contributed by atoms with Gasteiger partial charge in [-0.25, -0.2) is 0 Å². The monoisotopic (exact) mass is 232 g/mol. The van der Waals surface area contributed by atoms with E-state index in [1.165, 1.54) is 0 Å². The summed E-state index contributed by atoms with van der Waals surface area (Å²) in [4.78, 5) is 0. The minimum absolute atomic E-state index is 0.0772. The molecule has 13 heavy (non-hydrogen) atoms. The van der Waals surface area contributed by atoms with Crippen LogP contribution in [0.25, 0.3) is 0 Å². The lowest BCUT2D eigenvalue weighted by Crippen LogP contribution is -2.06. The molecule has 0 aromatic rings. The van der Waals surface area contributed by atoms with Crippen molar-refractivity contribution in [1.29, 1.82) is 0 Å². The molecule has 2 N–H and O–H groups in total. The summed E-state index contributed by atoms with van der Waals surface area (Å²) in [5.41, 5.74) is 0. The van der Waals surface area contributed by atoms with Gasteiger partial charge in [0.2, 0.25) is 0 Å². The second-order valence-corrected chi connectivity index (χ2v) is 3.60. The molecule has 6 nitrogen and oxygen atoms in total. The van der Waals surface area contributed by atoms with E-state index in [1.807, 2.05) is 6.92 Å². The number of hydrogen-bond donors (Lipinski definition) is 2. The third kappa shape index (κ3) is 10.1. The van der Waals surface area contributed by atoms with E-state index in [0.29, 0.717) is 6.61 Å². The van der Waals surface area contributed by atoms with Gasteiger partial charge >= 0.3 is 11.4 Å². The first-order valence-electron chi connectivity index (χ1n) is 3.54. The molecular formula is C5H12O6S2. The van der Waals surface area contributed by atoms with E-state index in [1.54, 1.807) is 0 Å². The molecule has 0 aromatic carbocycles. The third-order valence-corrected chi connectivity index (χ3v) is 2.02. The van der Waals surface area contributed by atoms with E-state index < -0.39 is 22.7 Å². The molecule has 0 amide bonds. The Labute approximate surface area is 81.6 Å². The van der Waals surface area contributed by atoms with E-state index >= 15 is 0 Å². The van der Waals surface area contributed by atoms with Crippen molar-refractivity contribution in [3.63, 3.8) is 0 Å². The molecule has 0 aromatic heterocycles. The summed E-state index contributed by atoms with van der Waals surface area (Å²) in [6.45, 7) is 2.45. The Kier molecular flexibility index (Phi) is 7.62. The van der Waals surface area contributed by atoms with Crippen LogP contribution in [0.1, 0.15) is 19.8 Å². The maximum atomic E-state index is 10.6. The zero-order valence-electron chi connectivity index (χ0n) is 7.04. The van der Waals surface area contributed by atoms with E-state index in [2.05, 4.69) is 0 Å². The first-order chi connectivity index (χ1) is 6.02. The molecule has 0 aliphatic carbocycles. The fourth-order valence-corrected chi connectivity index (χ4v) is 1.38. The lowest BCUT2D eigenvalue weighted by Gasteiger charge is -2.02. The van der Waals surface area contributed by atoms with Gasteiger partial charge < -0.3 is 0 Å². The van der Waals surface area contributed by atoms with Crippen LogP contribution in [0.5, 0.6) is 0 Å². The smallest absolute Gasteiger partial charge is 0.284 e. The average Bonchev–Trinajstić information content (AvgIpc) is 2.12. The molecule has 0 radical (unpaired) electrons. The molecule has 1 rings (SSSR count). The topological polar surface area (TPSA) is 93.1 Å². The van der Waals surface area contributed by atoms with Crippen molar-refractivity contribution in [1.82, 2.24) is 0 Å². The predicted molar refractivity (Wildman–Crippen MR) is 47.3 cm³/mol. The van der Waals surface area contributed by atoms with Crippen molar-refractivity contribution in [2.45, 2.75) is 25.9 Å². The minimum atomic E-state index is -2.61. The summed E-state index contributed by atoms with van der Waals surface area (Å²) in [7, 11) is 0. The highest BCUT2D eigenvalue weighted by atomic mass is 32.2. The van der Waals surface area contributed by atoms with Gasteiger partial charge in [0, 0.05) is 0 Å². The fraction of sp³-hybridized carbons (Fsp3) is 1.00. The van der Waals surface area contributed by atoms with Gasteiger partial charge in [-0.05, 0) is 19.8 Å². The molecular weight excluding hydrogens is 220 g/mol. The maximum Gasteiger partial charge on any atom is 0.304 e. The molecule has 1 aliphatic rings. The van der Waals surface area contributed by atoms with Crippen LogP contribution in [0, 0.1) is 0 Å². The first-order valence-corrected chi connectivity index (χ1v) is 5.61. The zero-order chi connectivity index (χ0) is 10.3. The van der Waals surface area contributed by atoms with Crippen molar-refractivity contribution < 1.29 is 25.9 Å². The molecule has 1 saturated heterocycles. The van der Waals surface area contributed by atoms with Crippen molar-refractivity contribution >= 4 is 22.7 Å². The first kappa shape index (κ1) is 13.1. The molecule has 1 aliphatic heterocycles. The number of rotatable bonds is 0. The average molecular weight is 232 g/mol. The minimum Gasteiger partial charge on any atom is -0.284 e.